The highest BCUT2D eigenvalue weighted by Crippen LogP contribution is 1.98. The molecule has 0 saturated heterocycles. The number of nitrogens with one attached hydrogen (secondary N) is 1. The second-order valence-electron chi connectivity index (χ2n) is 2.73. The molecule has 0 aromatic rings. The summed E-state index contributed by atoms with van der Waals surface area (Å²) in [5, 5.41) is 11.0. The molecule has 3 heteroatoms. The van der Waals surface area contributed by atoms with Gasteiger partial charge in [-0.3, -0.25) is 4.79 Å². The molecular formula is C11H15NO2. The molecule has 0 aromatic carbocycles. The van der Waals surface area contributed by atoms with Crippen molar-refractivity contribution in [2.24, 2.45) is 0 Å². The van der Waals surface area contributed by atoms with Gasteiger partial charge in [0.25, 0.3) is 0 Å². The van der Waals surface area contributed by atoms with E-state index in [-0.39, 0.29) is 12.5 Å². The third-order valence-corrected chi connectivity index (χ3v) is 1.55. The summed E-state index contributed by atoms with van der Waals surface area (Å²) in [6.07, 6.45) is 7.83. The van der Waals surface area contributed by atoms with Crippen LogP contribution in [0.4, 0.5) is 0 Å². The molecule has 2 N–H and O–H groups in total. The van der Waals surface area contributed by atoms with Crippen LogP contribution in [0, 0.1) is 24.2 Å². The minimum atomic E-state index is -0.0241. The van der Waals surface area contributed by atoms with E-state index in [1.165, 1.54) is 0 Å². The molecule has 3 nitrogen and oxygen atoms in total. The van der Waals surface area contributed by atoms with Crippen molar-refractivity contribution in [1.29, 1.82) is 0 Å². The fourth-order valence-electron chi connectivity index (χ4n) is 0.896. The summed E-state index contributed by atoms with van der Waals surface area (Å²) in [5.74, 6) is 7.51. The average Bonchev–Trinajstić information content (AvgIpc) is 2.20. The van der Waals surface area contributed by atoms with Gasteiger partial charge in [0.15, 0.2) is 0 Å². The molecule has 0 unspecified atom stereocenters. The van der Waals surface area contributed by atoms with Crippen LogP contribution in [0.5, 0.6) is 0 Å². The number of hydrogen-bond donors (Lipinski definition) is 2. The molecule has 0 heterocycles. The van der Waals surface area contributed by atoms with E-state index in [0.29, 0.717) is 13.0 Å². The first-order valence-corrected chi connectivity index (χ1v) is 4.62. The van der Waals surface area contributed by atoms with Crippen molar-refractivity contribution < 1.29 is 9.90 Å². The Balaban J connectivity index is 3.28. The van der Waals surface area contributed by atoms with Crippen molar-refractivity contribution in [2.75, 3.05) is 13.2 Å². The monoisotopic (exact) mass is 193 g/mol. The molecule has 1 amide bonds. The summed E-state index contributed by atoms with van der Waals surface area (Å²) < 4.78 is 0. The van der Waals surface area contributed by atoms with E-state index >= 15 is 0 Å². The molecule has 76 valence electrons. The molecule has 0 bridgehead atoms. The van der Waals surface area contributed by atoms with Gasteiger partial charge in [-0.05, 0) is 24.7 Å². The Labute approximate surface area is 84.9 Å². The zero-order chi connectivity index (χ0) is 10.6. The zero-order valence-corrected chi connectivity index (χ0v) is 8.18. The number of rotatable bonds is 6. The predicted octanol–water partition coefficient (Wildman–Crippen LogP) is 0.292. The summed E-state index contributed by atoms with van der Waals surface area (Å²) in [4.78, 5) is 11.0. The van der Waals surface area contributed by atoms with Crippen LogP contribution in [0.25, 0.3) is 0 Å². The van der Waals surface area contributed by atoms with Gasteiger partial charge in [0.2, 0.25) is 5.91 Å². The third-order valence-electron chi connectivity index (χ3n) is 1.55. The first-order valence-electron chi connectivity index (χ1n) is 4.62. The summed E-state index contributed by atoms with van der Waals surface area (Å²) in [5.41, 5.74) is 0. The van der Waals surface area contributed by atoms with Gasteiger partial charge in [-0.2, -0.15) is 0 Å². The van der Waals surface area contributed by atoms with Crippen molar-refractivity contribution in [3.05, 3.63) is 0 Å². The largest absolute Gasteiger partial charge is 0.395 e. The molecular weight excluding hydrogens is 178 g/mol. The lowest BCUT2D eigenvalue weighted by Crippen LogP contribution is -2.25. The Kier molecular flexibility index (Phi) is 8.64. The first kappa shape index (κ1) is 12.6. The number of carbonyl (C=O) groups excluding carboxylic acids is 1. The van der Waals surface area contributed by atoms with Crippen molar-refractivity contribution in [1.82, 2.24) is 5.32 Å². The van der Waals surface area contributed by atoms with Gasteiger partial charge in [-0.15, -0.1) is 6.42 Å². The number of hydrogen-bond acceptors (Lipinski definition) is 2. The van der Waals surface area contributed by atoms with Gasteiger partial charge in [0, 0.05) is 19.4 Å². The van der Waals surface area contributed by atoms with Gasteiger partial charge < -0.3 is 10.4 Å². The Morgan fingerprint density at radius 2 is 2.21 bits per heavy atom. The lowest BCUT2D eigenvalue weighted by atomic mass is 10.2. The minimum Gasteiger partial charge on any atom is -0.395 e. The van der Waals surface area contributed by atoms with E-state index in [1.54, 1.807) is 0 Å². The highest BCUT2D eigenvalue weighted by Gasteiger charge is 1.98. The maximum Gasteiger partial charge on any atom is 0.220 e. The summed E-state index contributed by atoms with van der Waals surface area (Å²) in [6, 6.07) is 0. The zero-order valence-electron chi connectivity index (χ0n) is 8.18. The van der Waals surface area contributed by atoms with E-state index < -0.39 is 0 Å². The summed E-state index contributed by atoms with van der Waals surface area (Å²) in [7, 11) is 0. The summed E-state index contributed by atoms with van der Waals surface area (Å²) in [6.45, 7) is 0.315. The van der Waals surface area contributed by atoms with E-state index in [1.807, 2.05) is 0 Å². The normalized spacial score (nSPS) is 8.29. The number of aliphatic hydroxyl groups is 1. The number of terminal acetylenes is 1. The smallest absolute Gasteiger partial charge is 0.220 e. The molecule has 0 saturated carbocycles. The van der Waals surface area contributed by atoms with Crippen LogP contribution in [0.3, 0.4) is 0 Å². The number of amides is 1. The lowest BCUT2D eigenvalue weighted by Gasteiger charge is -2.01. The van der Waals surface area contributed by atoms with Gasteiger partial charge in [0.1, 0.15) is 0 Å². The predicted molar refractivity (Wildman–Crippen MR) is 55.2 cm³/mol. The van der Waals surface area contributed by atoms with Crippen LogP contribution in [0.1, 0.15) is 25.7 Å². The average molecular weight is 193 g/mol. The number of aliphatic hydroxyl groups excluding tert-OH is 1. The number of unbranched alkanes of at least 4 members (excludes halogenated alkanes) is 2. The lowest BCUT2D eigenvalue weighted by molar-refractivity contribution is -0.121. The molecule has 0 radical (unpaired) electrons. The van der Waals surface area contributed by atoms with Crippen molar-refractivity contribution in [3.8, 4) is 24.2 Å². The van der Waals surface area contributed by atoms with Crippen LogP contribution in [-0.2, 0) is 4.79 Å². The fraction of sp³-hybridized carbons (Fsp3) is 0.545. The molecule has 0 aliphatic rings. The Morgan fingerprint density at radius 3 is 2.86 bits per heavy atom. The highest BCUT2D eigenvalue weighted by molar-refractivity contribution is 5.75. The molecule has 0 aliphatic heterocycles. The SMILES string of the molecule is C#CC#CCCCCC(=O)NCCO. The summed E-state index contributed by atoms with van der Waals surface area (Å²) >= 11 is 0. The maximum atomic E-state index is 11.0. The van der Waals surface area contributed by atoms with Crippen LogP contribution in [0.15, 0.2) is 0 Å². The van der Waals surface area contributed by atoms with Gasteiger partial charge >= 0.3 is 0 Å². The molecule has 0 rings (SSSR count). The first-order chi connectivity index (χ1) is 6.81. The molecule has 0 spiro atoms. The standard InChI is InChI=1S/C11H15NO2/c1-2-3-4-5-6-7-8-11(14)12-9-10-13/h1,13H,5-10H2,(H,12,14). The quantitative estimate of drug-likeness (QED) is 0.470. The maximum absolute atomic E-state index is 11.0. The Hall–Kier alpha value is -1.45. The van der Waals surface area contributed by atoms with E-state index in [0.717, 1.165) is 19.3 Å². The molecule has 0 aliphatic carbocycles. The topological polar surface area (TPSA) is 49.3 Å². The number of carbonyl (C=O) groups is 1. The molecule has 0 aromatic heterocycles. The van der Waals surface area contributed by atoms with Gasteiger partial charge in [-0.1, -0.05) is 5.92 Å². The van der Waals surface area contributed by atoms with Crippen LogP contribution in [-0.4, -0.2) is 24.2 Å². The van der Waals surface area contributed by atoms with E-state index in [2.05, 4.69) is 23.1 Å². The molecule has 14 heavy (non-hydrogen) atoms. The van der Waals surface area contributed by atoms with Crippen molar-refractivity contribution in [3.63, 3.8) is 0 Å². The second kappa shape index (κ2) is 9.64. The van der Waals surface area contributed by atoms with Crippen molar-refractivity contribution >= 4 is 5.91 Å². The van der Waals surface area contributed by atoms with E-state index in [4.69, 9.17) is 11.5 Å². The fourth-order valence-corrected chi connectivity index (χ4v) is 0.896. The van der Waals surface area contributed by atoms with Crippen molar-refractivity contribution in [2.45, 2.75) is 25.7 Å². The van der Waals surface area contributed by atoms with Crippen LogP contribution >= 0.6 is 0 Å². The highest BCUT2D eigenvalue weighted by atomic mass is 16.3. The molecule has 0 fully saturated rings. The van der Waals surface area contributed by atoms with Gasteiger partial charge in [-0.25, -0.2) is 0 Å². The van der Waals surface area contributed by atoms with Gasteiger partial charge in [0.05, 0.1) is 6.61 Å². The van der Waals surface area contributed by atoms with Crippen LogP contribution < -0.4 is 5.32 Å². The Bertz CT molecular complexity index is 255. The van der Waals surface area contributed by atoms with Crippen LogP contribution in [0.2, 0.25) is 0 Å². The Morgan fingerprint density at radius 1 is 1.43 bits per heavy atom. The second-order valence-corrected chi connectivity index (χ2v) is 2.73. The third kappa shape index (κ3) is 8.64. The minimum absolute atomic E-state index is 0.0145. The van der Waals surface area contributed by atoms with E-state index in [9.17, 15) is 4.79 Å². The molecule has 0 atom stereocenters.